The average Bonchev–Trinajstić information content (AvgIpc) is 3.84. The van der Waals surface area contributed by atoms with Crippen LogP contribution >= 0.6 is 0 Å². The summed E-state index contributed by atoms with van der Waals surface area (Å²) in [6.45, 7) is 0.691. The predicted octanol–water partition coefficient (Wildman–Crippen LogP) is 10.8. The molecule has 3 aromatic heterocycles. The van der Waals surface area contributed by atoms with Crippen LogP contribution in [0.5, 0.6) is 0 Å². The Bertz CT molecular complexity index is 2970. The van der Waals surface area contributed by atoms with Gasteiger partial charge in [-0.25, -0.2) is 4.99 Å². The van der Waals surface area contributed by atoms with E-state index in [4.69, 9.17) is 4.99 Å². The zero-order chi connectivity index (χ0) is 33.5. The molecule has 0 spiro atoms. The van der Waals surface area contributed by atoms with Crippen LogP contribution in [0.3, 0.4) is 0 Å². The van der Waals surface area contributed by atoms with Gasteiger partial charge < -0.3 is 14.5 Å². The van der Waals surface area contributed by atoms with Gasteiger partial charge in [0.2, 0.25) is 5.96 Å². The van der Waals surface area contributed by atoms with E-state index in [2.05, 4.69) is 189 Å². The number of hydrogen-bond acceptors (Lipinski definition) is 2. The van der Waals surface area contributed by atoms with Gasteiger partial charge in [0.1, 0.15) is 0 Å². The van der Waals surface area contributed by atoms with Gasteiger partial charge in [-0.15, -0.1) is 0 Å². The fraction of sp³-hybridized carbons (Fsp3) is 0.0217. The van der Waals surface area contributed by atoms with Crippen LogP contribution in [0.25, 0.3) is 82.5 Å². The van der Waals surface area contributed by atoms with E-state index in [-0.39, 0.29) is 0 Å². The van der Waals surface area contributed by atoms with Crippen molar-refractivity contribution in [1.82, 2.24) is 19.0 Å². The quantitative estimate of drug-likeness (QED) is 0.203. The Morgan fingerprint density at radius 3 is 1.33 bits per heavy atom. The van der Waals surface area contributed by atoms with Crippen molar-refractivity contribution in [3.63, 3.8) is 0 Å². The lowest BCUT2D eigenvalue weighted by Gasteiger charge is -2.18. The minimum absolute atomic E-state index is 0.691. The minimum Gasteiger partial charge on any atom is -0.352 e. The molecule has 0 aliphatic carbocycles. The van der Waals surface area contributed by atoms with Crippen LogP contribution in [-0.2, 0) is 0 Å². The maximum Gasteiger partial charge on any atom is 0.208 e. The molecule has 4 heterocycles. The molecular formula is C46H31N5. The number of aromatic nitrogens is 3. The molecule has 11 rings (SSSR count). The summed E-state index contributed by atoms with van der Waals surface area (Å²) in [7, 11) is 0. The van der Waals surface area contributed by atoms with Crippen molar-refractivity contribution < 1.29 is 0 Å². The van der Waals surface area contributed by atoms with E-state index in [1.165, 1.54) is 54.4 Å². The highest BCUT2D eigenvalue weighted by atomic mass is 15.2. The molecule has 10 aromatic rings. The van der Waals surface area contributed by atoms with Crippen LogP contribution in [0.1, 0.15) is 5.56 Å². The lowest BCUT2D eigenvalue weighted by Crippen LogP contribution is -2.32. The Balaban J connectivity index is 1.02. The Hall–Kier alpha value is -6.85. The SMILES string of the molecule is C1=C(c2ccc(-n3c4ccccc4c4ccccc43)cc2)N=C(n2c3ccccc3c3cc(-n4c5ccccc5c5ccccc54)ccc32)NC1. The average molecular weight is 654 g/mol. The van der Waals surface area contributed by atoms with Crippen LogP contribution in [-0.4, -0.2) is 26.2 Å². The highest BCUT2D eigenvalue weighted by molar-refractivity contribution is 6.16. The fourth-order valence-electron chi connectivity index (χ4n) is 8.26. The third-order valence-electron chi connectivity index (χ3n) is 10.5. The first kappa shape index (κ1) is 28.0. The molecule has 1 N–H and O–H groups in total. The first-order chi connectivity index (χ1) is 25.3. The van der Waals surface area contributed by atoms with Crippen LogP contribution in [0, 0.1) is 0 Å². The van der Waals surface area contributed by atoms with Crippen LogP contribution in [0.15, 0.2) is 175 Å². The second-order valence-corrected chi connectivity index (χ2v) is 13.2. The standard InChI is InChI=1S/C46H31N5/c1-6-16-40-33(11-1)34-12-2-7-17-41(34)49(40)31-23-21-30(22-24-31)39-27-28-47-46(48-39)51-44-20-10-5-15-37(44)38-29-32(25-26-45(38)51)50-42-18-8-3-13-35(42)36-14-4-9-19-43(36)50/h1-27,29H,28H2,(H,47,48). The summed E-state index contributed by atoms with van der Waals surface area (Å²) in [5.41, 5.74) is 11.4. The van der Waals surface area contributed by atoms with Crippen molar-refractivity contribution in [1.29, 1.82) is 0 Å². The summed E-state index contributed by atoms with van der Waals surface area (Å²) in [6.07, 6.45) is 2.17. The summed E-state index contributed by atoms with van der Waals surface area (Å²) >= 11 is 0. The van der Waals surface area contributed by atoms with Gasteiger partial charge in [0.25, 0.3) is 0 Å². The molecule has 240 valence electrons. The van der Waals surface area contributed by atoms with E-state index < -0.39 is 0 Å². The van der Waals surface area contributed by atoms with Crippen molar-refractivity contribution in [2.45, 2.75) is 0 Å². The molecular weight excluding hydrogens is 623 g/mol. The molecule has 0 radical (unpaired) electrons. The largest absolute Gasteiger partial charge is 0.352 e. The molecule has 0 saturated carbocycles. The number of rotatable bonds is 3. The topological polar surface area (TPSA) is 39.2 Å². The summed E-state index contributed by atoms with van der Waals surface area (Å²) in [5.74, 6) is 0.829. The van der Waals surface area contributed by atoms with Crippen molar-refractivity contribution >= 4 is 77.1 Å². The molecule has 0 fully saturated rings. The van der Waals surface area contributed by atoms with Crippen molar-refractivity contribution in [2.75, 3.05) is 6.54 Å². The second kappa shape index (κ2) is 10.8. The minimum atomic E-state index is 0.691. The molecule has 0 bridgehead atoms. The van der Waals surface area contributed by atoms with Gasteiger partial charge in [0.05, 0.1) is 38.8 Å². The fourth-order valence-corrected chi connectivity index (χ4v) is 8.26. The number of fused-ring (bicyclic) bond motifs is 9. The molecule has 0 unspecified atom stereocenters. The highest BCUT2D eigenvalue weighted by Crippen LogP contribution is 2.36. The molecule has 5 nitrogen and oxygen atoms in total. The Morgan fingerprint density at radius 1 is 0.392 bits per heavy atom. The first-order valence-corrected chi connectivity index (χ1v) is 17.5. The van der Waals surface area contributed by atoms with Gasteiger partial charge in [0.15, 0.2) is 0 Å². The molecule has 0 saturated heterocycles. The van der Waals surface area contributed by atoms with Gasteiger partial charge in [-0.1, -0.05) is 103 Å². The number of hydrogen-bond donors (Lipinski definition) is 1. The highest BCUT2D eigenvalue weighted by Gasteiger charge is 2.20. The van der Waals surface area contributed by atoms with E-state index in [0.717, 1.165) is 39.6 Å². The number of para-hydroxylation sites is 5. The molecule has 51 heavy (non-hydrogen) atoms. The Morgan fingerprint density at radius 2 is 0.804 bits per heavy atom. The number of nitrogens with zero attached hydrogens (tertiary/aromatic N) is 4. The van der Waals surface area contributed by atoms with Gasteiger partial charge in [-0.2, -0.15) is 0 Å². The third-order valence-corrected chi connectivity index (χ3v) is 10.5. The van der Waals surface area contributed by atoms with Crippen molar-refractivity contribution in [3.8, 4) is 11.4 Å². The van der Waals surface area contributed by atoms with Crippen molar-refractivity contribution in [3.05, 3.63) is 175 Å². The normalized spacial score (nSPS) is 13.4. The van der Waals surface area contributed by atoms with Crippen LogP contribution in [0.2, 0.25) is 0 Å². The monoisotopic (exact) mass is 653 g/mol. The molecule has 0 atom stereocenters. The Kier molecular flexibility index (Phi) is 5.95. The van der Waals surface area contributed by atoms with E-state index in [1.807, 2.05) is 0 Å². The molecule has 7 aromatic carbocycles. The molecule has 0 amide bonds. The summed E-state index contributed by atoms with van der Waals surface area (Å²) in [4.78, 5) is 5.26. The lowest BCUT2D eigenvalue weighted by atomic mass is 10.1. The van der Waals surface area contributed by atoms with Gasteiger partial charge in [-0.05, 0) is 66.7 Å². The van der Waals surface area contributed by atoms with Crippen LogP contribution < -0.4 is 5.32 Å². The van der Waals surface area contributed by atoms with Gasteiger partial charge >= 0.3 is 0 Å². The number of aliphatic imine (C=N–C) groups is 1. The zero-order valence-electron chi connectivity index (χ0n) is 27.7. The molecule has 1 aliphatic rings. The summed E-state index contributed by atoms with van der Waals surface area (Å²) in [6, 6.07) is 58.9. The summed E-state index contributed by atoms with van der Waals surface area (Å²) < 4.78 is 7.02. The van der Waals surface area contributed by atoms with Crippen LogP contribution in [0.4, 0.5) is 0 Å². The molecule has 5 heteroatoms. The maximum atomic E-state index is 5.26. The zero-order valence-corrected chi connectivity index (χ0v) is 27.7. The van der Waals surface area contributed by atoms with Crippen molar-refractivity contribution in [2.24, 2.45) is 4.99 Å². The maximum absolute atomic E-state index is 5.26. The second-order valence-electron chi connectivity index (χ2n) is 13.2. The number of benzene rings is 7. The van der Waals surface area contributed by atoms with Gasteiger partial charge in [-0.3, -0.25) is 4.57 Å². The van der Waals surface area contributed by atoms with E-state index in [0.29, 0.717) is 6.54 Å². The van der Waals surface area contributed by atoms with E-state index >= 15 is 0 Å². The smallest absolute Gasteiger partial charge is 0.208 e. The first-order valence-electron chi connectivity index (χ1n) is 17.5. The molecule has 1 aliphatic heterocycles. The predicted molar refractivity (Wildman–Crippen MR) is 213 cm³/mol. The van der Waals surface area contributed by atoms with E-state index in [9.17, 15) is 0 Å². The van der Waals surface area contributed by atoms with E-state index in [1.54, 1.807) is 0 Å². The van der Waals surface area contributed by atoms with Gasteiger partial charge in [0, 0.05) is 55.8 Å². The lowest BCUT2D eigenvalue weighted by molar-refractivity contribution is 0.960. The summed E-state index contributed by atoms with van der Waals surface area (Å²) in [5, 5.41) is 11.0. The third kappa shape index (κ3) is 4.12. The Labute approximate surface area is 293 Å². The number of nitrogens with one attached hydrogen (secondary N) is 1.